The van der Waals surface area contributed by atoms with Crippen LogP contribution in [0.25, 0.3) is 49.9 Å². The molecule has 7 aromatic carbocycles. The summed E-state index contributed by atoms with van der Waals surface area (Å²) in [7, 11) is 0. The number of fused-ring (bicyclic) bond motifs is 4. The van der Waals surface area contributed by atoms with Crippen LogP contribution in [0, 0.1) is 0 Å². The number of ether oxygens (including phenoxy) is 1. The summed E-state index contributed by atoms with van der Waals surface area (Å²) in [5.41, 5.74) is 4.60. The van der Waals surface area contributed by atoms with E-state index < -0.39 is 65.8 Å². The minimum atomic E-state index is -0.606. The third-order valence-electron chi connectivity index (χ3n) is 10.8. The fourth-order valence-corrected chi connectivity index (χ4v) is 8.08. The molecule has 0 atom stereocenters. The van der Waals surface area contributed by atoms with Gasteiger partial charge in [0, 0.05) is 45.9 Å². The molecule has 9 aromatic rings. The molecule has 3 heterocycles. The van der Waals surface area contributed by atoms with Crippen LogP contribution in [0.1, 0.15) is 63.1 Å². The standard InChI is InChI=1S/C55H48N4O/c1-5-17-38-32-47(39-18-8-6-9-19-39)54(48(33-38)40-20-10-7-11-21-40)58-37-57(50-26-14-15-27-51(50)58)42-22-16-23-43(35-42)60-44-28-29-46-45-24-12-13-25-49(45)59(52(46)36-44)53-34-41(30-31-56-53)55(2,3)4/h6-16,18-36H,5,17,37H2,1-4H3/i6D,7D,8D,9D,10D,11D,18D,19D,20D,21D,30D,31D,34D. The van der Waals surface area contributed by atoms with E-state index >= 15 is 0 Å². The molecule has 5 heteroatoms. The molecule has 0 saturated heterocycles. The molecule has 10 rings (SSSR count). The van der Waals surface area contributed by atoms with Crippen LogP contribution in [0.5, 0.6) is 11.5 Å². The van der Waals surface area contributed by atoms with E-state index in [1.165, 1.54) is 0 Å². The quantitative estimate of drug-likeness (QED) is 0.146. The van der Waals surface area contributed by atoms with Crippen molar-refractivity contribution >= 4 is 44.6 Å². The number of aryl methyl sites for hydroxylation is 1. The Morgan fingerprint density at radius 2 is 1.30 bits per heavy atom. The Labute approximate surface area is 371 Å². The van der Waals surface area contributed by atoms with Gasteiger partial charge in [-0.3, -0.25) is 4.57 Å². The van der Waals surface area contributed by atoms with Gasteiger partial charge in [0.2, 0.25) is 0 Å². The second kappa shape index (κ2) is 15.2. The van der Waals surface area contributed by atoms with Crippen LogP contribution >= 0.6 is 0 Å². The van der Waals surface area contributed by atoms with Gasteiger partial charge in [-0.25, -0.2) is 4.98 Å². The number of anilines is 4. The SMILES string of the molecule is [2H]c1nc(-n2c3ccccc3c3ccc(Oc4cccc(N5CN(c6c(-c7c([2H])c([2H])c([2H])c([2H])c7[2H])cc(CCC)cc6-c6c([2H])c([2H])c([2H])c([2H])c6[2H])c6ccccc65)c4)cc32)c([2H])c(C(C)(C)C)c1[2H]. The average Bonchev–Trinajstić information content (AvgIpc) is 3.91. The monoisotopic (exact) mass is 793 g/mol. The van der Waals surface area contributed by atoms with Gasteiger partial charge < -0.3 is 14.5 Å². The predicted octanol–water partition coefficient (Wildman–Crippen LogP) is 14.8. The third kappa shape index (κ3) is 6.76. The molecule has 1 aliphatic heterocycles. The lowest BCUT2D eigenvalue weighted by atomic mass is 9.88. The van der Waals surface area contributed by atoms with Crippen LogP contribution in [-0.2, 0) is 11.8 Å². The van der Waals surface area contributed by atoms with E-state index in [0.29, 0.717) is 52.4 Å². The summed E-state index contributed by atoms with van der Waals surface area (Å²) in [5, 5.41) is 1.78. The molecule has 0 spiro atoms. The van der Waals surface area contributed by atoms with Crippen LogP contribution in [0.4, 0.5) is 22.7 Å². The van der Waals surface area contributed by atoms with Crippen molar-refractivity contribution in [3.8, 4) is 39.6 Å². The van der Waals surface area contributed by atoms with Crippen LogP contribution < -0.4 is 14.5 Å². The molecule has 0 saturated carbocycles. The van der Waals surface area contributed by atoms with Crippen LogP contribution in [0.3, 0.4) is 0 Å². The highest BCUT2D eigenvalue weighted by Gasteiger charge is 2.32. The molecule has 0 unspecified atom stereocenters. The van der Waals surface area contributed by atoms with E-state index in [4.69, 9.17) is 15.7 Å². The number of benzene rings is 7. The zero-order chi connectivity index (χ0) is 52.1. The number of para-hydroxylation sites is 3. The first-order valence-corrected chi connectivity index (χ1v) is 20.0. The first-order valence-electron chi connectivity index (χ1n) is 26.5. The number of hydrogen-bond acceptors (Lipinski definition) is 4. The Balaban J connectivity index is 1.12. The van der Waals surface area contributed by atoms with Gasteiger partial charge in [-0.2, -0.15) is 0 Å². The lowest BCUT2D eigenvalue weighted by molar-refractivity contribution is 0.483. The van der Waals surface area contributed by atoms with Crippen LogP contribution in [0.15, 0.2) is 182 Å². The first kappa shape index (κ1) is 25.4. The van der Waals surface area contributed by atoms with Crippen molar-refractivity contribution in [3.63, 3.8) is 0 Å². The zero-order valence-electron chi connectivity index (χ0n) is 46.6. The Morgan fingerprint density at radius 3 is 2.00 bits per heavy atom. The number of rotatable bonds is 9. The maximum atomic E-state index is 9.35. The minimum absolute atomic E-state index is 0.0629. The van der Waals surface area contributed by atoms with Gasteiger partial charge in [0.15, 0.2) is 0 Å². The van der Waals surface area contributed by atoms with Crippen molar-refractivity contribution in [2.45, 2.75) is 46.0 Å². The van der Waals surface area contributed by atoms with Gasteiger partial charge in [-0.15, -0.1) is 0 Å². The number of nitrogens with zero attached hydrogens (tertiary/aromatic N) is 4. The smallest absolute Gasteiger partial charge is 0.137 e. The molecular weight excluding hydrogens is 733 g/mol. The van der Waals surface area contributed by atoms with E-state index in [-0.39, 0.29) is 58.7 Å². The molecule has 0 amide bonds. The fourth-order valence-electron chi connectivity index (χ4n) is 8.08. The number of hydrogen-bond donors (Lipinski definition) is 0. The van der Waals surface area contributed by atoms with E-state index in [9.17, 15) is 6.85 Å². The summed E-state index contributed by atoms with van der Waals surface area (Å²) in [6.07, 6.45) is 0.912. The second-order valence-electron chi connectivity index (χ2n) is 15.8. The maximum Gasteiger partial charge on any atom is 0.137 e. The molecule has 2 aromatic heterocycles. The summed E-state index contributed by atoms with van der Waals surface area (Å²) in [4.78, 5) is 8.43. The van der Waals surface area contributed by atoms with Crippen molar-refractivity contribution in [2.24, 2.45) is 0 Å². The normalized spacial score (nSPS) is 15.7. The van der Waals surface area contributed by atoms with Gasteiger partial charge in [-0.05, 0) is 101 Å². The summed E-state index contributed by atoms with van der Waals surface area (Å²) >= 11 is 0. The minimum Gasteiger partial charge on any atom is -0.457 e. The van der Waals surface area contributed by atoms with Gasteiger partial charge in [0.05, 0.1) is 45.9 Å². The lowest BCUT2D eigenvalue weighted by Gasteiger charge is -2.28. The number of aromatic nitrogens is 2. The summed E-state index contributed by atoms with van der Waals surface area (Å²) in [6.45, 7) is 7.80. The van der Waals surface area contributed by atoms with Gasteiger partial charge in [-0.1, -0.05) is 131 Å². The molecule has 0 N–H and O–H groups in total. The highest BCUT2D eigenvalue weighted by molar-refractivity contribution is 6.09. The fraction of sp³-hybridized carbons (Fsp3) is 0.145. The van der Waals surface area contributed by atoms with Gasteiger partial charge >= 0.3 is 0 Å². The highest BCUT2D eigenvalue weighted by Crippen LogP contribution is 2.51. The summed E-state index contributed by atoms with van der Waals surface area (Å²) in [6, 6.07) is 26.9. The Hall–Kier alpha value is -7.11. The lowest BCUT2D eigenvalue weighted by Crippen LogP contribution is -2.25. The van der Waals surface area contributed by atoms with Crippen LogP contribution in [-0.4, -0.2) is 16.2 Å². The average molecular weight is 794 g/mol. The molecular formula is C55H48N4O. The Bertz CT molecular complexity index is 3630. The van der Waals surface area contributed by atoms with Crippen LogP contribution in [0.2, 0.25) is 0 Å². The van der Waals surface area contributed by atoms with Crippen molar-refractivity contribution in [3.05, 3.63) is 193 Å². The molecule has 5 nitrogen and oxygen atoms in total. The van der Waals surface area contributed by atoms with Crippen molar-refractivity contribution in [1.82, 2.24) is 9.55 Å². The summed E-state index contributed by atoms with van der Waals surface area (Å²) in [5.74, 6) is 1.18. The molecule has 294 valence electrons. The van der Waals surface area contributed by atoms with Crippen molar-refractivity contribution < 1.29 is 22.6 Å². The molecule has 0 radical (unpaired) electrons. The molecule has 0 bridgehead atoms. The van der Waals surface area contributed by atoms with Crippen molar-refractivity contribution in [1.29, 1.82) is 0 Å². The highest BCUT2D eigenvalue weighted by atomic mass is 16.5. The van der Waals surface area contributed by atoms with Crippen molar-refractivity contribution in [2.75, 3.05) is 16.5 Å². The largest absolute Gasteiger partial charge is 0.457 e. The molecule has 0 aliphatic carbocycles. The van der Waals surface area contributed by atoms with E-state index in [2.05, 4.69) is 4.98 Å². The Kier molecular flexibility index (Phi) is 6.45. The predicted molar refractivity (Wildman–Crippen MR) is 251 cm³/mol. The molecule has 0 fully saturated rings. The van der Waals surface area contributed by atoms with Gasteiger partial charge in [0.25, 0.3) is 0 Å². The maximum absolute atomic E-state index is 9.35. The first-order chi connectivity index (χ1) is 34.7. The topological polar surface area (TPSA) is 33.5 Å². The summed E-state index contributed by atoms with van der Waals surface area (Å²) < 4.78 is 124. The molecule has 1 aliphatic rings. The van der Waals surface area contributed by atoms with E-state index in [1.807, 2.05) is 133 Å². The zero-order valence-corrected chi connectivity index (χ0v) is 33.6. The second-order valence-corrected chi connectivity index (χ2v) is 15.8. The Morgan fingerprint density at radius 1 is 0.650 bits per heavy atom. The van der Waals surface area contributed by atoms with E-state index in [1.54, 1.807) is 12.1 Å². The van der Waals surface area contributed by atoms with E-state index in [0.717, 1.165) is 22.0 Å². The molecule has 60 heavy (non-hydrogen) atoms. The third-order valence-corrected chi connectivity index (χ3v) is 10.8. The number of pyridine rings is 1. The van der Waals surface area contributed by atoms with Gasteiger partial charge in [0.1, 0.15) is 24.0 Å².